The molecule has 1 aromatic rings. The molecule has 1 saturated carbocycles. The van der Waals surface area contributed by atoms with Gasteiger partial charge in [0, 0.05) is 6.04 Å². The van der Waals surface area contributed by atoms with Crippen LogP contribution in [0.25, 0.3) is 0 Å². The standard InChI is InChI=1S/C17H27N/c1-3-4-5-9-12-17(18-2)16-13-15(16)14-10-7-6-8-11-14/h6-8,10-11,15-18H,3-5,9,12-13H2,1-2H3. The van der Waals surface area contributed by atoms with Crippen LogP contribution in [0.5, 0.6) is 0 Å². The molecule has 1 aliphatic carbocycles. The van der Waals surface area contributed by atoms with Crippen molar-refractivity contribution in [1.82, 2.24) is 5.32 Å². The molecule has 3 atom stereocenters. The maximum absolute atomic E-state index is 3.54. The third-order valence-electron chi connectivity index (χ3n) is 4.32. The topological polar surface area (TPSA) is 12.0 Å². The Hall–Kier alpha value is -0.820. The highest BCUT2D eigenvalue weighted by Crippen LogP contribution is 2.50. The summed E-state index contributed by atoms with van der Waals surface area (Å²) in [4.78, 5) is 0. The number of nitrogens with one attached hydrogen (secondary N) is 1. The summed E-state index contributed by atoms with van der Waals surface area (Å²) in [7, 11) is 2.13. The molecule has 1 aliphatic rings. The minimum atomic E-state index is 0.729. The van der Waals surface area contributed by atoms with Gasteiger partial charge in [-0.2, -0.15) is 0 Å². The highest BCUT2D eigenvalue weighted by atomic mass is 14.9. The second-order valence-electron chi connectivity index (χ2n) is 5.66. The van der Waals surface area contributed by atoms with Crippen molar-refractivity contribution in [2.24, 2.45) is 5.92 Å². The first-order chi connectivity index (χ1) is 8.86. The van der Waals surface area contributed by atoms with Gasteiger partial charge in [0.15, 0.2) is 0 Å². The van der Waals surface area contributed by atoms with Crippen molar-refractivity contribution in [3.05, 3.63) is 35.9 Å². The van der Waals surface area contributed by atoms with Crippen LogP contribution in [0.15, 0.2) is 30.3 Å². The zero-order valence-corrected chi connectivity index (χ0v) is 11.9. The first kappa shape index (κ1) is 13.6. The van der Waals surface area contributed by atoms with E-state index in [1.165, 1.54) is 44.1 Å². The van der Waals surface area contributed by atoms with Crippen LogP contribution in [-0.2, 0) is 0 Å². The predicted octanol–water partition coefficient (Wildman–Crippen LogP) is 4.35. The van der Waals surface area contributed by atoms with Gasteiger partial charge in [-0.3, -0.25) is 0 Å². The Balaban J connectivity index is 1.77. The first-order valence-electron chi connectivity index (χ1n) is 7.59. The Morgan fingerprint density at radius 3 is 2.61 bits per heavy atom. The van der Waals surface area contributed by atoms with E-state index in [0.717, 1.165) is 17.9 Å². The molecular weight excluding hydrogens is 218 g/mol. The summed E-state index contributed by atoms with van der Waals surface area (Å²) in [6, 6.07) is 11.7. The lowest BCUT2D eigenvalue weighted by molar-refractivity contribution is 0.438. The van der Waals surface area contributed by atoms with Crippen molar-refractivity contribution in [1.29, 1.82) is 0 Å². The van der Waals surface area contributed by atoms with Gasteiger partial charge < -0.3 is 5.32 Å². The summed E-state index contributed by atoms with van der Waals surface area (Å²) in [5.74, 6) is 1.69. The maximum atomic E-state index is 3.54. The van der Waals surface area contributed by atoms with E-state index in [0.29, 0.717) is 0 Å². The summed E-state index contributed by atoms with van der Waals surface area (Å²) in [5, 5.41) is 3.54. The lowest BCUT2D eigenvalue weighted by Crippen LogP contribution is -2.27. The van der Waals surface area contributed by atoms with Crippen molar-refractivity contribution >= 4 is 0 Å². The van der Waals surface area contributed by atoms with Gasteiger partial charge >= 0.3 is 0 Å². The molecule has 0 radical (unpaired) electrons. The Morgan fingerprint density at radius 1 is 1.17 bits per heavy atom. The number of unbranched alkanes of at least 4 members (excludes halogenated alkanes) is 3. The average Bonchev–Trinajstić information content (AvgIpc) is 3.20. The van der Waals surface area contributed by atoms with E-state index in [1.807, 2.05) is 0 Å². The van der Waals surface area contributed by atoms with Crippen LogP contribution in [0.3, 0.4) is 0 Å². The molecule has 100 valence electrons. The van der Waals surface area contributed by atoms with Gasteiger partial charge in [0.1, 0.15) is 0 Å². The molecular formula is C17H27N. The summed E-state index contributed by atoms with van der Waals surface area (Å²) in [6.45, 7) is 2.28. The Labute approximate surface area is 112 Å². The molecule has 2 rings (SSSR count). The summed E-state index contributed by atoms with van der Waals surface area (Å²) in [5.41, 5.74) is 1.54. The number of rotatable bonds is 8. The fraction of sp³-hybridized carbons (Fsp3) is 0.647. The van der Waals surface area contributed by atoms with Crippen LogP contribution < -0.4 is 5.32 Å². The first-order valence-corrected chi connectivity index (χ1v) is 7.59. The van der Waals surface area contributed by atoms with E-state index in [-0.39, 0.29) is 0 Å². The van der Waals surface area contributed by atoms with Crippen LogP contribution in [0.1, 0.15) is 56.9 Å². The quantitative estimate of drug-likeness (QED) is 0.671. The Bertz CT molecular complexity index is 333. The molecule has 0 amide bonds. The van der Waals surface area contributed by atoms with E-state index in [2.05, 4.69) is 49.6 Å². The van der Waals surface area contributed by atoms with E-state index >= 15 is 0 Å². The molecule has 0 spiro atoms. The van der Waals surface area contributed by atoms with E-state index in [9.17, 15) is 0 Å². The second kappa shape index (κ2) is 6.94. The zero-order chi connectivity index (χ0) is 12.8. The molecule has 0 saturated heterocycles. The highest BCUT2D eigenvalue weighted by molar-refractivity contribution is 5.26. The van der Waals surface area contributed by atoms with Gasteiger partial charge in [0.05, 0.1) is 0 Å². The largest absolute Gasteiger partial charge is 0.317 e. The Morgan fingerprint density at radius 2 is 1.94 bits per heavy atom. The van der Waals surface area contributed by atoms with Gasteiger partial charge in [-0.25, -0.2) is 0 Å². The maximum Gasteiger partial charge on any atom is 0.00983 e. The van der Waals surface area contributed by atoms with Crippen molar-refractivity contribution < 1.29 is 0 Å². The van der Waals surface area contributed by atoms with Gasteiger partial charge in [0.2, 0.25) is 0 Å². The molecule has 0 heterocycles. The average molecular weight is 245 g/mol. The normalized spacial score (nSPS) is 23.9. The molecule has 1 heteroatoms. The molecule has 1 N–H and O–H groups in total. The summed E-state index contributed by atoms with van der Waals surface area (Å²) in [6.07, 6.45) is 8.24. The van der Waals surface area contributed by atoms with Crippen LogP contribution in [0, 0.1) is 5.92 Å². The Kier molecular flexibility index (Phi) is 5.25. The predicted molar refractivity (Wildman–Crippen MR) is 78.9 cm³/mol. The summed E-state index contributed by atoms with van der Waals surface area (Å²) < 4.78 is 0. The highest BCUT2D eigenvalue weighted by Gasteiger charge is 2.42. The molecule has 1 nitrogen and oxygen atoms in total. The minimum Gasteiger partial charge on any atom is -0.317 e. The van der Waals surface area contributed by atoms with Gasteiger partial charge in [0.25, 0.3) is 0 Å². The third kappa shape index (κ3) is 3.58. The molecule has 0 aromatic heterocycles. The number of benzene rings is 1. The lowest BCUT2D eigenvalue weighted by atomic mass is 10.00. The van der Waals surface area contributed by atoms with E-state index in [4.69, 9.17) is 0 Å². The fourth-order valence-electron chi connectivity index (χ4n) is 3.11. The fourth-order valence-corrected chi connectivity index (χ4v) is 3.11. The smallest absolute Gasteiger partial charge is 0.00983 e. The van der Waals surface area contributed by atoms with Gasteiger partial charge in [-0.05, 0) is 37.3 Å². The second-order valence-corrected chi connectivity index (χ2v) is 5.66. The molecule has 1 fully saturated rings. The lowest BCUT2D eigenvalue weighted by Gasteiger charge is -2.16. The van der Waals surface area contributed by atoms with E-state index < -0.39 is 0 Å². The van der Waals surface area contributed by atoms with Crippen LogP contribution >= 0.6 is 0 Å². The number of hydrogen-bond donors (Lipinski definition) is 1. The molecule has 0 bridgehead atoms. The molecule has 1 aromatic carbocycles. The van der Waals surface area contributed by atoms with E-state index in [1.54, 1.807) is 0 Å². The zero-order valence-electron chi connectivity index (χ0n) is 11.9. The molecule has 3 unspecified atom stereocenters. The van der Waals surface area contributed by atoms with Crippen molar-refractivity contribution in [3.8, 4) is 0 Å². The minimum absolute atomic E-state index is 0.729. The monoisotopic (exact) mass is 245 g/mol. The summed E-state index contributed by atoms with van der Waals surface area (Å²) >= 11 is 0. The molecule has 0 aliphatic heterocycles. The van der Waals surface area contributed by atoms with Crippen molar-refractivity contribution in [2.45, 2.75) is 57.4 Å². The van der Waals surface area contributed by atoms with Gasteiger partial charge in [-0.15, -0.1) is 0 Å². The SMILES string of the molecule is CCCCCCC(NC)C1CC1c1ccccc1. The number of hydrogen-bond acceptors (Lipinski definition) is 1. The van der Waals surface area contributed by atoms with Crippen LogP contribution in [-0.4, -0.2) is 13.1 Å². The van der Waals surface area contributed by atoms with Crippen LogP contribution in [0.4, 0.5) is 0 Å². The van der Waals surface area contributed by atoms with Crippen molar-refractivity contribution in [2.75, 3.05) is 7.05 Å². The third-order valence-corrected chi connectivity index (χ3v) is 4.32. The van der Waals surface area contributed by atoms with Crippen LogP contribution in [0.2, 0.25) is 0 Å². The molecule has 18 heavy (non-hydrogen) atoms. The van der Waals surface area contributed by atoms with Gasteiger partial charge in [-0.1, -0.05) is 62.9 Å². The van der Waals surface area contributed by atoms with Crippen molar-refractivity contribution in [3.63, 3.8) is 0 Å².